The molecule has 0 radical (unpaired) electrons. The fourth-order valence-corrected chi connectivity index (χ4v) is 1.37. The van der Waals surface area contributed by atoms with Crippen molar-refractivity contribution in [3.8, 4) is 12.1 Å². The van der Waals surface area contributed by atoms with Crippen LogP contribution in [0.25, 0.3) is 0 Å². The monoisotopic (exact) mass is 224 g/mol. The first-order chi connectivity index (χ1) is 5.63. The normalized spacial score (nSPS) is 9.00. The first kappa shape index (κ1) is 8.63. The average Bonchev–Trinajstić information content (AvgIpc) is 2.29. The van der Waals surface area contributed by atoms with Crippen LogP contribution in [0.5, 0.6) is 0 Å². The van der Waals surface area contributed by atoms with E-state index in [0.29, 0.717) is 10.4 Å². The molecule has 1 aromatic rings. The molecule has 1 aromatic heterocycles. The Hall–Kier alpha value is -1.46. The van der Waals surface area contributed by atoms with E-state index < -0.39 is 0 Å². The van der Waals surface area contributed by atoms with Crippen molar-refractivity contribution in [3.05, 3.63) is 15.7 Å². The Balaban J connectivity index is 3.61. The van der Waals surface area contributed by atoms with Gasteiger partial charge in [-0.1, -0.05) is 0 Å². The molecule has 0 aliphatic rings. The number of nitrogen functional groups attached to an aromatic ring is 1. The molecule has 5 heteroatoms. The Bertz CT molecular complexity index is 367. The Kier molecular flexibility index (Phi) is 2.07. The summed E-state index contributed by atoms with van der Waals surface area (Å²) < 4.78 is 2.09. The third-order valence-corrected chi connectivity index (χ3v) is 2.52. The lowest BCUT2D eigenvalue weighted by Crippen LogP contribution is -1.96. The zero-order valence-electron chi connectivity index (χ0n) is 6.30. The highest BCUT2D eigenvalue weighted by atomic mass is 79.9. The number of hydrogen-bond acceptors (Lipinski definition) is 3. The van der Waals surface area contributed by atoms with Crippen LogP contribution in [0.4, 0.5) is 5.82 Å². The molecule has 0 amide bonds. The summed E-state index contributed by atoms with van der Waals surface area (Å²) in [5, 5.41) is 17.3. The van der Waals surface area contributed by atoms with Gasteiger partial charge in [0.15, 0.2) is 0 Å². The fraction of sp³-hybridized carbons (Fsp3) is 0.143. The molecule has 0 saturated heterocycles. The minimum atomic E-state index is 0.229. The number of nitrogens with zero attached hydrogens (tertiary/aromatic N) is 3. The molecule has 0 aliphatic carbocycles. The van der Waals surface area contributed by atoms with Crippen LogP contribution in [0.3, 0.4) is 0 Å². The quantitative estimate of drug-likeness (QED) is 0.718. The number of anilines is 1. The second kappa shape index (κ2) is 2.88. The van der Waals surface area contributed by atoms with Gasteiger partial charge in [0, 0.05) is 7.05 Å². The summed E-state index contributed by atoms with van der Waals surface area (Å²) in [6.07, 6.45) is 0. The maximum atomic E-state index is 8.67. The van der Waals surface area contributed by atoms with Gasteiger partial charge in [-0.25, -0.2) is 0 Å². The van der Waals surface area contributed by atoms with Crippen molar-refractivity contribution in [3.63, 3.8) is 0 Å². The van der Waals surface area contributed by atoms with Gasteiger partial charge in [0.25, 0.3) is 0 Å². The number of halogens is 1. The van der Waals surface area contributed by atoms with Gasteiger partial charge in [-0.3, -0.25) is 0 Å². The highest BCUT2D eigenvalue weighted by Gasteiger charge is 2.16. The molecule has 0 spiro atoms. The van der Waals surface area contributed by atoms with Crippen molar-refractivity contribution >= 4 is 21.7 Å². The number of aromatic nitrogens is 1. The van der Waals surface area contributed by atoms with Gasteiger partial charge in [-0.2, -0.15) is 10.5 Å². The molecule has 0 saturated carbocycles. The Labute approximate surface area is 77.9 Å². The molecule has 1 rings (SSSR count). The second-order valence-corrected chi connectivity index (χ2v) is 2.96. The summed E-state index contributed by atoms with van der Waals surface area (Å²) in [7, 11) is 1.68. The van der Waals surface area contributed by atoms with E-state index in [9.17, 15) is 0 Å². The van der Waals surface area contributed by atoms with E-state index in [-0.39, 0.29) is 11.1 Å². The number of nitriles is 2. The van der Waals surface area contributed by atoms with Crippen molar-refractivity contribution in [2.45, 2.75) is 0 Å². The van der Waals surface area contributed by atoms with Gasteiger partial charge in [0.1, 0.15) is 33.7 Å². The van der Waals surface area contributed by atoms with Crippen LogP contribution in [0.2, 0.25) is 0 Å². The third-order valence-electron chi connectivity index (χ3n) is 1.59. The van der Waals surface area contributed by atoms with Gasteiger partial charge < -0.3 is 10.3 Å². The topological polar surface area (TPSA) is 78.5 Å². The van der Waals surface area contributed by atoms with Crippen LogP contribution in [0.1, 0.15) is 11.1 Å². The van der Waals surface area contributed by atoms with E-state index in [1.807, 2.05) is 12.1 Å². The molecule has 0 aliphatic heterocycles. The summed E-state index contributed by atoms with van der Waals surface area (Å²) in [5.41, 5.74) is 6.07. The lowest BCUT2D eigenvalue weighted by molar-refractivity contribution is 0.912. The lowest BCUT2D eigenvalue weighted by Gasteiger charge is -1.95. The first-order valence-corrected chi connectivity index (χ1v) is 3.86. The molecule has 0 bridgehead atoms. The van der Waals surface area contributed by atoms with E-state index in [2.05, 4.69) is 15.9 Å². The summed E-state index contributed by atoms with van der Waals surface area (Å²) >= 11 is 3.16. The Morgan fingerprint density at radius 2 is 1.83 bits per heavy atom. The highest BCUT2D eigenvalue weighted by Crippen LogP contribution is 2.26. The summed E-state index contributed by atoms with van der Waals surface area (Å²) in [5.74, 6) is 0.306. The predicted octanol–water partition coefficient (Wildman–Crippen LogP) is 1.11. The summed E-state index contributed by atoms with van der Waals surface area (Å²) in [4.78, 5) is 0. The molecule has 0 unspecified atom stereocenters. The molecular formula is C7H5BrN4. The standard InChI is InChI=1S/C7H5BrN4/c1-12-6(8)4(2-9)5(3-10)7(12)11/h11H2,1H3. The van der Waals surface area contributed by atoms with Gasteiger partial charge in [-0.15, -0.1) is 0 Å². The zero-order chi connectivity index (χ0) is 9.30. The number of nitrogens with two attached hydrogens (primary N) is 1. The largest absolute Gasteiger partial charge is 0.384 e. The zero-order valence-corrected chi connectivity index (χ0v) is 7.88. The van der Waals surface area contributed by atoms with Gasteiger partial charge in [0.05, 0.1) is 0 Å². The molecule has 0 atom stereocenters. The summed E-state index contributed by atoms with van der Waals surface area (Å²) in [6.45, 7) is 0. The maximum absolute atomic E-state index is 8.67. The van der Waals surface area contributed by atoms with Crippen LogP contribution in [0, 0.1) is 22.7 Å². The molecule has 12 heavy (non-hydrogen) atoms. The average molecular weight is 225 g/mol. The SMILES string of the molecule is Cn1c(N)c(C#N)c(C#N)c1Br. The lowest BCUT2D eigenvalue weighted by atomic mass is 10.2. The van der Waals surface area contributed by atoms with Gasteiger partial charge in [-0.05, 0) is 15.9 Å². The van der Waals surface area contributed by atoms with Crippen molar-refractivity contribution in [2.75, 3.05) is 5.73 Å². The second-order valence-electron chi connectivity index (χ2n) is 2.21. The van der Waals surface area contributed by atoms with Gasteiger partial charge >= 0.3 is 0 Å². The van der Waals surface area contributed by atoms with E-state index >= 15 is 0 Å². The number of rotatable bonds is 0. The minimum Gasteiger partial charge on any atom is -0.384 e. The van der Waals surface area contributed by atoms with E-state index in [1.165, 1.54) is 0 Å². The van der Waals surface area contributed by atoms with Crippen LogP contribution in [0.15, 0.2) is 4.60 Å². The van der Waals surface area contributed by atoms with E-state index in [0.717, 1.165) is 0 Å². The van der Waals surface area contributed by atoms with Crippen molar-refractivity contribution in [1.82, 2.24) is 4.57 Å². The smallest absolute Gasteiger partial charge is 0.123 e. The van der Waals surface area contributed by atoms with Crippen molar-refractivity contribution < 1.29 is 0 Å². The number of hydrogen-bond donors (Lipinski definition) is 1. The van der Waals surface area contributed by atoms with E-state index in [1.54, 1.807) is 11.6 Å². The van der Waals surface area contributed by atoms with Crippen molar-refractivity contribution in [2.24, 2.45) is 7.05 Å². The van der Waals surface area contributed by atoms with Crippen molar-refractivity contribution in [1.29, 1.82) is 10.5 Å². The highest BCUT2D eigenvalue weighted by molar-refractivity contribution is 9.10. The molecule has 1 heterocycles. The molecule has 0 aromatic carbocycles. The molecule has 0 fully saturated rings. The third kappa shape index (κ3) is 0.956. The Morgan fingerprint density at radius 1 is 1.33 bits per heavy atom. The molecule has 2 N–H and O–H groups in total. The minimum absolute atomic E-state index is 0.229. The van der Waals surface area contributed by atoms with Crippen LogP contribution < -0.4 is 5.73 Å². The van der Waals surface area contributed by atoms with Gasteiger partial charge in [0.2, 0.25) is 0 Å². The van der Waals surface area contributed by atoms with E-state index in [4.69, 9.17) is 16.3 Å². The molecule has 60 valence electrons. The van der Waals surface area contributed by atoms with Crippen LogP contribution in [-0.4, -0.2) is 4.57 Å². The predicted molar refractivity (Wildman–Crippen MR) is 47.0 cm³/mol. The molecular weight excluding hydrogens is 220 g/mol. The first-order valence-electron chi connectivity index (χ1n) is 3.07. The summed E-state index contributed by atoms with van der Waals surface area (Å²) in [6, 6.07) is 3.78. The Morgan fingerprint density at radius 3 is 2.17 bits per heavy atom. The van der Waals surface area contributed by atoms with Crippen LogP contribution in [-0.2, 0) is 7.05 Å². The van der Waals surface area contributed by atoms with Crippen LogP contribution >= 0.6 is 15.9 Å². The maximum Gasteiger partial charge on any atom is 0.123 e. The fourth-order valence-electron chi connectivity index (χ4n) is 0.888. The molecule has 4 nitrogen and oxygen atoms in total.